The average Bonchev–Trinajstić information content (AvgIpc) is 2.84. The molecule has 6 heteroatoms. The normalized spacial score (nSPS) is 10.9. The van der Waals surface area contributed by atoms with Gasteiger partial charge in [0.25, 0.3) is 0 Å². The summed E-state index contributed by atoms with van der Waals surface area (Å²) in [5.41, 5.74) is 7.40. The second-order valence-corrected chi connectivity index (χ2v) is 4.02. The van der Waals surface area contributed by atoms with E-state index < -0.39 is 0 Å². The highest BCUT2D eigenvalue weighted by molar-refractivity contribution is 7.18. The van der Waals surface area contributed by atoms with E-state index in [2.05, 4.69) is 15.2 Å². The maximum Gasteiger partial charge on any atom is 0.203 e. The Labute approximate surface area is 89.2 Å². The first-order valence-electron chi connectivity index (χ1n) is 4.36. The van der Waals surface area contributed by atoms with Crippen LogP contribution < -0.4 is 5.73 Å². The number of nitrogens with zero attached hydrogens (tertiary/aromatic N) is 4. The van der Waals surface area contributed by atoms with Crippen molar-refractivity contribution in [2.75, 3.05) is 5.73 Å². The summed E-state index contributed by atoms with van der Waals surface area (Å²) in [6.45, 7) is 0. The number of nitrogen functional groups attached to an aromatic ring is 1. The molecule has 0 aliphatic carbocycles. The molecule has 0 atom stereocenters. The van der Waals surface area contributed by atoms with Crippen LogP contribution in [0.25, 0.3) is 16.3 Å². The largest absolute Gasteiger partial charge is 0.374 e. The van der Waals surface area contributed by atoms with Crippen LogP contribution in [0.3, 0.4) is 0 Å². The number of imidazole rings is 1. The zero-order chi connectivity index (χ0) is 10.3. The molecule has 0 saturated carbocycles. The van der Waals surface area contributed by atoms with Gasteiger partial charge in [-0.3, -0.25) is 4.40 Å². The maximum atomic E-state index is 5.56. The van der Waals surface area contributed by atoms with Crippen LogP contribution >= 0.6 is 11.3 Å². The Morgan fingerprint density at radius 3 is 3.00 bits per heavy atom. The van der Waals surface area contributed by atoms with Crippen molar-refractivity contribution in [2.24, 2.45) is 0 Å². The van der Waals surface area contributed by atoms with E-state index in [9.17, 15) is 0 Å². The average molecular weight is 217 g/mol. The smallest absolute Gasteiger partial charge is 0.203 e. The molecule has 74 valence electrons. The van der Waals surface area contributed by atoms with E-state index in [1.54, 1.807) is 6.20 Å². The fourth-order valence-electron chi connectivity index (χ4n) is 1.46. The molecule has 5 nitrogen and oxygen atoms in total. The topological polar surface area (TPSA) is 69.1 Å². The predicted molar refractivity (Wildman–Crippen MR) is 58.5 cm³/mol. The summed E-state index contributed by atoms with van der Waals surface area (Å²) in [5, 5.41) is 9.08. The minimum atomic E-state index is 0.474. The summed E-state index contributed by atoms with van der Waals surface area (Å²) >= 11 is 1.37. The van der Waals surface area contributed by atoms with Gasteiger partial charge in [0.15, 0.2) is 5.01 Å². The minimum absolute atomic E-state index is 0.474. The van der Waals surface area contributed by atoms with Gasteiger partial charge in [-0.15, -0.1) is 10.2 Å². The van der Waals surface area contributed by atoms with Crippen LogP contribution in [0, 0.1) is 0 Å². The first-order chi connectivity index (χ1) is 7.34. The van der Waals surface area contributed by atoms with Crippen molar-refractivity contribution in [2.45, 2.75) is 0 Å². The van der Waals surface area contributed by atoms with Crippen molar-refractivity contribution in [1.82, 2.24) is 19.6 Å². The highest BCUT2D eigenvalue weighted by Gasteiger charge is 2.07. The molecule has 3 aromatic heterocycles. The molecule has 0 aliphatic heterocycles. The summed E-state index contributed by atoms with van der Waals surface area (Å²) in [6, 6.07) is 5.85. The standard InChI is InChI=1S/C9H7N5S/c10-9-13-12-8(15-9)6-2-1-3-7-11-4-5-14(6)7/h1-5H,(H2,10,13). The van der Waals surface area contributed by atoms with Crippen molar-refractivity contribution >= 4 is 22.1 Å². The third-order valence-electron chi connectivity index (χ3n) is 2.09. The molecule has 0 radical (unpaired) electrons. The minimum Gasteiger partial charge on any atom is -0.374 e. The van der Waals surface area contributed by atoms with E-state index in [1.165, 1.54) is 11.3 Å². The van der Waals surface area contributed by atoms with Gasteiger partial charge >= 0.3 is 0 Å². The molecular weight excluding hydrogens is 210 g/mol. The molecule has 0 saturated heterocycles. The van der Waals surface area contributed by atoms with Gasteiger partial charge in [0.05, 0.1) is 5.69 Å². The molecule has 2 N–H and O–H groups in total. The van der Waals surface area contributed by atoms with Gasteiger partial charge in [-0.25, -0.2) is 4.98 Å². The van der Waals surface area contributed by atoms with Gasteiger partial charge < -0.3 is 5.73 Å². The first kappa shape index (κ1) is 8.37. The highest BCUT2D eigenvalue weighted by atomic mass is 32.1. The maximum absolute atomic E-state index is 5.56. The lowest BCUT2D eigenvalue weighted by Gasteiger charge is -1.99. The van der Waals surface area contributed by atoms with Crippen LogP contribution in [-0.4, -0.2) is 19.6 Å². The number of rotatable bonds is 1. The van der Waals surface area contributed by atoms with Crippen molar-refractivity contribution in [3.63, 3.8) is 0 Å². The molecule has 3 heterocycles. The summed E-state index contributed by atoms with van der Waals surface area (Å²) in [7, 11) is 0. The lowest BCUT2D eigenvalue weighted by atomic mass is 10.3. The summed E-state index contributed by atoms with van der Waals surface area (Å²) in [4.78, 5) is 4.20. The van der Waals surface area contributed by atoms with E-state index in [1.807, 2.05) is 28.8 Å². The summed E-state index contributed by atoms with van der Waals surface area (Å²) < 4.78 is 1.96. The number of aromatic nitrogens is 4. The third-order valence-corrected chi connectivity index (χ3v) is 2.86. The fraction of sp³-hybridized carbons (Fsp3) is 0. The Hall–Kier alpha value is -1.95. The molecule has 0 bridgehead atoms. The lowest BCUT2D eigenvalue weighted by molar-refractivity contribution is 1.08. The number of pyridine rings is 1. The Kier molecular flexibility index (Phi) is 1.69. The molecule has 0 aliphatic rings. The zero-order valence-electron chi connectivity index (χ0n) is 7.66. The number of nitrogens with two attached hydrogens (primary N) is 1. The van der Waals surface area contributed by atoms with Gasteiger partial charge in [0, 0.05) is 12.4 Å². The van der Waals surface area contributed by atoms with E-state index in [0.717, 1.165) is 16.3 Å². The number of hydrogen-bond acceptors (Lipinski definition) is 5. The Morgan fingerprint density at radius 2 is 2.20 bits per heavy atom. The summed E-state index contributed by atoms with van der Waals surface area (Å²) in [6.07, 6.45) is 3.64. The second kappa shape index (κ2) is 3.03. The zero-order valence-corrected chi connectivity index (χ0v) is 8.48. The number of hydrogen-bond donors (Lipinski definition) is 1. The quantitative estimate of drug-likeness (QED) is 0.669. The molecule has 0 amide bonds. The predicted octanol–water partition coefficient (Wildman–Crippen LogP) is 1.43. The molecule has 0 aromatic carbocycles. The summed E-state index contributed by atoms with van der Waals surface area (Å²) in [5.74, 6) is 0. The monoisotopic (exact) mass is 217 g/mol. The van der Waals surface area contributed by atoms with E-state index in [4.69, 9.17) is 5.73 Å². The van der Waals surface area contributed by atoms with E-state index in [-0.39, 0.29) is 0 Å². The van der Waals surface area contributed by atoms with Crippen molar-refractivity contribution in [1.29, 1.82) is 0 Å². The SMILES string of the molecule is Nc1nnc(-c2cccc3nccn23)s1. The number of fused-ring (bicyclic) bond motifs is 1. The third kappa shape index (κ3) is 1.26. The molecule has 3 aromatic rings. The van der Waals surface area contributed by atoms with Crippen LogP contribution in [-0.2, 0) is 0 Å². The molecule has 15 heavy (non-hydrogen) atoms. The van der Waals surface area contributed by atoms with Gasteiger partial charge in [-0.05, 0) is 12.1 Å². The van der Waals surface area contributed by atoms with E-state index in [0.29, 0.717) is 5.13 Å². The van der Waals surface area contributed by atoms with Crippen LogP contribution in [0.5, 0.6) is 0 Å². The van der Waals surface area contributed by atoms with Gasteiger partial charge in [0.1, 0.15) is 5.65 Å². The van der Waals surface area contributed by atoms with Gasteiger partial charge in [0.2, 0.25) is 5.13 Å². The van der Waals surface area contributed by atoms with Crippen LogP contribution in [0.15, 0.2) is 30.6 Å². The van der Waals surface area contributed by atoms with Gasteiger partial charge in [-0.2, -0.15) is 0 Å². The highest BCUT2D eigenvalue weighted by Crippen LogP contribution is 2.24. The van der Waals surface area contributed by atoms with Gasteiger partial charge in [-0.1, -0.05) is 17.4 Å². The Morgan fingerprint density at radius 1 is 1.27 bits per heavy atom. The second-order valence-electron chi connectivity index (χ2n) is 3.01. The van der Waals surface area contributed by atoms with Crippen molar-refractivity contribution < 1.29 is 0 Å². The Balaban J connectivity index is 2.30. The van der Waals surface area contributed by atoms with Crippen LogP contribution in [0.2, 0.25) is 0 Å². The fourth-order valence-corrected chi connectivity index (χ4v) is 2.09. The molecule has 0 fully saturated rings. The molecule has 3 rings (SSSR count). The van der Waals surface area contributed by atoms with E-state index >= 15 is 0 Å². The van der Waals surface area contributed by atoms with Crippen LogP contribution in [0.4, 0.5) is 5.13 Å². The molecule has 0 spiro atoms. The first-order valence-corrected chi connectivity index (χ1v) is 5.18. The number of anilines is 1. The lowest BCUT2D eigenvalue weighted by Crippen LogP contribution is -1.89. The van der Waals surface area contributed by atoms with Crippen molar-refractivity contribution in [3.8, 4) is 10.7 Å². The molecule has 0 unspecified atom stereocenters. The van der Waals surface area contributed by atoms with Crippen molar-refractivity contribution in [3.05, 3.63) is 30.6 Å². The Bertz CT molecular complexity index is 612. The molecular formula is C9H7N5S. The van der Waals surface area contributed by atoms with Crippen LogP contribution in [0.1, 0.15) is 0 Å².